The van der Waals surface area contributed by atoms with Crippen LogP contribution in [0.25, 0.3) is 11.8 Å². The van der Waals surface area contributed by atoms with Crippen molar-refractivity contribution in [3.05, 3.63) is 82.1 Å². The number of hydrogen-bond acceptors (Lipinski definition) is 4. The summed E-state index contributed by atoms with van der Waals surface area (Å²) in [7, 11) is 0. The van der Waals surface area contributed by atoms with Gasteiger partial charge in [-0.05, 0) is 87.1 Å². The molecule has 1 aliphatic heterocycles. The van der Waals surface area contributed by atoms with E-state index in [0.29, 0.717) is 23.1 Å². The molecule has 1 saturated heterocycles. The molecule has 2 aromatic carbocycles. The number of thiocarbonyl (C=S) groups is 1. The third-order valence-corrected chi connectivity index (χ3v) is 5.88. The Morgan fingerprint density at radius 2 is 1.79 bits per heavy atom. The van der Waals surface area contributed by atoms with Gasteiger partial charge in [0.1, 0.15) is 11.3 Å². The predicted octanol–water partition coefficient (Wildman–Crippen LogP) is 4.98. The summed E-state index contributed by atoms with van der Waals surface area (Å²) in [5.74, 6) is -0.410. The van der Waals surface area contributed by atoms with Crippen molar-refractivity contribution in [3.8, 4) is 11.4 Å². The summed E-state index contributed by atoms with van der Waals surface area (Å²) >= 11 is 11.3. The van der Waals surface area contributed by atoms with E-state index in [9.17, 15) is 9.59 Å². The maximum absolute atomic E-state index is 13.4. The normalized spacial score (nSPS) is 15.2. The first kappa shape index (κ1) is 22.8. The minimum absolute atomic E-state index is 0.00164. The van der Waals surface area contributed by atoms with Gasteiger partial charge in [0.05, 0.1) is 12.3 Å². The summed E-state index contributed by atoms with van der Waals surface area (Å²) in [5, 5.41) is 3.31. The number of carbonyl (C=O) groups is 2. The van der Waals surface area contributed by atoms with Crippen molar-refractivity contribution < 1.29 is 14.3 Å². The van der Waals surface area contributed by atoms with Crippen molar-refractivity contribution in [2.24, 2.45) is 0 Å². The SMILES string of the molecule is CCOc1cccc(N2C(=O)/C(=C\c3cc(C)n(-c4ccc(Cl)cc4)c3C)C(=O)NC2=S)c1. The first-order valence-corrected chi connectivity index (χ1v) is 11.2. The number of hydrogen-bond donors (Lipinski definition) is 1. The van der Waals surface area contributed by atoms with Crippen LogP contribution in [-0.4, -0.2) is 28.1 Å². The Hall–Kier alpha value is -3.42. The number of aromatic nitrogens is 1. The second-order valence-corrected chi connectivity index (χ2v) is 8.35. The Labute approximate surface area is 202 Å². The molecular formula is C25H22ClN3O3S. The Bertz CT molecular complexity index is 1290. The fourth-order valence-electron chi connectivity index (χ4n) is 3.85. The molecule has 4 rings (SSSR count). The fourth-order valence-corrected chi connectivity index (χ4v) is 4.25. The summed E-state index contributed by atoms with van der Waals surface area (Å²) in [6.45, 7) is 6.28. The van der Waals surface area contributed by atoms with E-state index in [1.807, 2.05) is 55.7 Å². The summed E-state index contributed by atoms with van der Waals surface area (Å²) in [5.41, 5.74) is 4.07. The molecule has 2 amide bonds. The van der Waals surface area contributed by atoms with Crippen molar-refractivity contribution in [2.45, 2.75) is 20.8 Å². The number of nitrogens with zero attached hydrogens (tertiary/aromatic N) is 2. The highest BCUT2D eigenvalue weighted by atomic mass is 35.5. The van der Waals surface area contributed by atoms with Gasteiger partial charge in [-0.15, -0.1) is 0 Å². The van der Waals surface area contributed by atoms with Crippen LogP contribution in [0.5, 0.6) is 5.75 Å². The van der Waals surface area contributed by atoms with Crippen molar-refractivity contribution in [2.75, 3.05) is 11.5 Å². The monoisotopic (exact) mass is 479 g/mol. The lowest BCUT2D eigenvalue weighted by atomic mass is 10.1. The van der Waals surface area contributed by atoms with Crippen molar-refractivity contribution >= 4 is 52.5 Å². The molecule has 8 heteroatoms. The van der Waals surface area contributed by atoms with Gasteiger partial charge in [-0.25, -0.2) is 0 Å². The molecule has 2 heterocycles. The lowest BCUT2D eigenvalue weighted by molar-refractivity contribution is -0.122. The number of halogens is 1. The van der Waals surface area contributed by atoms with Crippen LogP contribution >= 0.6 is 23.8 Å². The maximum atomic E-state index is 13.4. The molecule has 0 aliphatic carbocycles. The van der Waals surface area contributed by atoms with Crippen LogP contribution in [0.3, 0.4) is 0 Å². The van der Waals surface area contributed by atoms with Crippen LogP contribution in [0.1, 0.15) is 23.9 Å². The predicted molar refractivity (Wildman–Crippen MR) is 134 cm³/mol. The third-order valence-electron chi connectivity index (χ3n) is 5.34. The van der Waals surface area contributed by atoms with Crippen LogP contribution in [-0.2, 0) is 9.59 Å². The van der Waals surface area contributed by atoms with E-state index in [1.54, 1.807) is 30.3 Å². The highest BCUT2D eigenvalue weighted by molar-refractivity contribution is 7.80. The van der Waals surface area contributed by atoms with Crippen LogP contribution in [0, 0.1) is 13.8 Å². The van der Waals surface area contributed by atoms with Gasteiger partial charge >= 0.3 is 0 Å². The van der Waals surface area contributed by atoms with Gasteiger partial charge in [0.2, 0.25) is 0 Å². The van der Waals surface area contributed by atoms with Crippen molar-refractivity contribution in [3.63, 3.8) is 0 Å². The molecule has 1 aromatic heterocycles. The number of anilines is 1. The molecular weight excluding hydrogens is 458 g/mol. The van der Waals surface area contributed by atoms with Gasteiger partial charge in [-0.3, -0.25) is 19.8 Å². The number of amides is 2. The second kappa shape index (κ2) is 9.21. The maximum Gasteiger partial charge on any atom is 0.270 e. The lowest BCUT2D eigenvalue weighted by Crippen LogP contribution is -2.54. The molecule has 1 fully saturated rings. The molecule has 6 nitrogen and oxygen atoms in total. The third kappa shape index (κ3) is 4.42. The minimum atomic E-state index is -0.529. The van der Waals surface area contributed by atoms with E-state index in [-0.39, 0.29) is 10.7 Å². The molecule has 33 heavy (non-hydrogen) atoms. The summed E-state index contributed by atoms with van der Waals surface area (Å²) < 4.78 is 7.58. The number of benzene rings is 2. The van der Waals surface area contributed by atoms with Gasteiger partial charge in [0.25, 0.3) is 11.8 Å². The van der Waals surface area contributed by atoms with Crippen LogP contribution in [0.4, 0.5) is 5.69 Å². The van der Waals surface area contributed by atoms with E-state index < -0.39 is 11.8 Å². The topological polar surface area (TPSA) is 63.6 Å². The van der Waals surface area contributed by atoms with Gasteiger partial charge < -0.3 is 9.30 Å². The molecule has 1 aliphatic rings. The average molecular weight is 480 g/mol. The fraction of sp³-hybridized carbons (Fsp3) is 0.160. The number of nitrogens with one attached hydrogen (secondary N) is 1. The van der Waals surface area contributed by atoms with Crippen LogP contribution in [0.15, 0.2) is 60.2 Å². The standard InChI is InChI=1S/C25H22ClN3O3S/c1-4-32-21-7-5-6-20(14-21)29-24(31)22(23(30)27-25(29)33)13-17-12-15(2)28(16(17)3)19-10-8-18(26)9-11-19/h5-14H,4H2,1-3H3,(H,27,30,33)/b22-13-. The molecule has 0 bridgehead atoms. The largest absolute Gasteiger partial charge is 0.494 e. The van der Waals surface area contributed by atoms with Crippen molar-refractivity contribution in [1.82, 2.24) is 9.88 Å². The second-order valence-electron chi connectivity index (χ2n) is 7.53. The van der Waals surface area contributed by atoms with Gasteiger partial charge in [0.15, 0.2) is 5.11 Å². The molecule has 3 aromatic rings. The quantitative estimate of drug-likeness (QED) is 0.318. The number of rotatable bonds is 5. The van der Waals surface area contributed by atoms with E-state index in [1.165, 1.54) is 4.90 Å². The molecule has 0 radical (unpaired) electrons. The van der Waals surface area contributed by atoms with E-state index in [2.05, 4.69) is 5.32 Å². The summed E-state index contributed by atoms with van der Waals surface area (Å²) in [6.07, 6.45) is 1.60. The molecule has 0 spiro atoms. The zero-order valence-corrected chi connectivity index (χ0v) is 20.0. The first-order valence-electron chi connectivity index (χ1n) is 10.4. The molecule has 0 atom stereocenters. The molecule has 0 unspecified atom stereocenters. The molecule has 168 valence electrons. The van der Waals surface area contributed by atoms with E-state index in [0.717, 1.165) is 22.6 Å². The molecule has 1 N–H and O–H groups in total. The van der Waals surface area contributed by atoms with Crippen LogP contribution in [0.2, 0.25) is 5.02 Å². The smallest absolute Gasteiger partial charge is 0.270 e. The van der Waals surface area contributed by atoms with Gasteiger partial charge in [-0.2, -0.15) is 0 Å². The Balaban J connectivity index is 1.73. The highest BCUT2D eigenvalue weighted by Gasteiger charge is 2.35. The van der Waals surface area contributed by atoms with Crippen LogP contribution < -0.4 is 15.0 Å². The number of ether oxygens (including phenoxy) is 1. The lowest BCUT2D eigenvalue weighted by Gasteiger charge is -2.29. The minimum Gasteiger partial charge on any atom is -0.494 e. The zero-order chi connectivity index (χ0) is 23.7. The van der Waals surface area contributed by atoms with Gasteiger partial charge in [-0.1, -0.05) is 17.7 Å². The summed E-state index contributed by atoms with van der Waals surface area (Å²) in [6, 6.07) is 16.4. The highest BCUT2D eigenvalue weighted by Crippen LogP contribution is 2.28. The zero-order valence-electron chi connectivity index (χ0n) is 18.4. The van der Waals surface area contributed by atoms with E-state index in [4.69, 9.17) is 28.6 Å². The average Bonchev–Trinajstić information content (AvgIpc) is 3.05. The molecule has 0 saturated carbocycles. The Kier molecular flexibility index (Phi) is 6.35. The Morgan fingerprint density at radius 3 is 2.48 bits per heavy atom. The van der Waals surface area contributed by atoms with Gasteiger partial charge in [0, 0.05) is 28.2 Å². The van der Waals surface area contributed by atoms with E-state index >= 15 is 0 Å². The van der Waals surface area contributed by atoms with Crippen molar-refractivity contribution in [1.29, 1.82) is 0 Å². The first-order chi connectivity index (χ1) is 15.8. The number of carbonyl (C=O) groups excluding carboxylic acids is 2. The number of aryl methyl sites for hydroxylation is 1. The Morgan fingerprint density at radius 1 is 1.06 bits per heavy atom. The summed E-state index contributed by atoms with van der Waals surface area (Å²) in [4.78, 5) is 27.4.